The van der Waals surface area contributed by atoms with Crippen LogP contribution < -0.4 is 16.8 Å². The summed E-state index contributed by atoms with van der Waals surface area (Å²) in [4.78, 5) is 44.5. The lowest BCUT2D eigenvalue weighted by Gasteiger charge is -2.40. The first kappa shape index (κ1) is 25.5. The molecule has 1 unspecified atom stereocenters. The molecular formula is C29H34N6O3. The van der Waals surface area contributed by atoms with Crippen molar-refractivity contribution in [2.24, 2.45) is 23.3 Å². The van der Waals surface area contributed by atoms with Crippen molar-refractivity contribution in [3.05, 3.63) is 83.4 Å². The van der Waals surface area contributed by atoms with Crippen molar-refractivity contribution in [3.63, 3.8) is 0 Å². The molecule has 1 aromatic heterocycles. The lowest BCUT2D eigenvalue weighted by atomic mass is 9.82. The third-order valence-electron chi connectivity index (χ3n) is 7.97. The summed E-state index contributed by atoms with van der Waals surface area (Å²) in [5, 5.41) is 3.68. The molecule has 3 amide bonds. The van der Waals surface area contributed by atoms with Gasteiger partial charge in [-0.1, -0.05) is 37.5 Å². The number of amides is 3. The van der Waals surface area contributed by atoms with Gasteiger partial charge in [-0.3, -0.25) is 14.4 Å². The van der Waals surface area contributed by atoms with Crippen LogP contribution in [0.4, 0.5) is 5.69 Å². The second-order valence-electron chi connectivity index (χ2n) is 10.3. The lowest BCUT2D eigenvalue weighted by molar-refractivity contribution is -0.138. The molecule has 1 saturated heterocycles. The number of likely N-dealkylation sites (tertiary alicyclic amines) is 1. The third kappa shape index (κ3) is 5.14. The summed E-state index contributed by atoms with van der Waals surface area (Å²) in [6.07, 6.45) is 10.5. The number of nitrogens with zero attached hydrogens (tertiary/aromatic N) is 2. The zero-order valence-electron chi connectivity index (χ0n) is 21.3. The summed E-state index contributed by atoms with van der Waals surface area (Å²) in [6.45, 7) is 0.859. The minimum absolute atomic E-state index is 0.133. The average Bonchev–Trinajstić information content (AvgIpc) is 3.64. The number of aromatic amines is 1. The molecular weight excluding hydrogens is 480 g/mol. The molecule has 2 fully saturated rings. The fourth-order valence-corrected chi connectivity index (χ4v) is 6.07. The number of hydrogen-bond acceptors (Lipinski definition) is 5. The number of anilines is 1. The highest BCUT2D eigenvalue weighted by Crippen LogP contribution is 2.51. The standard InChI is InChI=1S/C21H26N4O.C8H8N2O2/c26-21(14-6-2-1-3-7-14)25-13-10-16-18(20-22-11-12-23-20)24-17-9-5-4-8-15(17)19(16)25;9-7(11)5-1-2-6(4-3-5)8(10)12/h4-5,8-9,11-12,14,16,18-19,24H,1-3,6-7,10,13H2,(H,22,23);1-4H,(H2,9,11)(H2,10,12)/t16-,18-,19?;/m1./s1. The summed E-state index contributed by atoms with van der Waals surface area (Å²) in [5.74, 6) is 0.904. The zero-order chi connectivity index (χ0) is 26.6. The molecule has 0 spiro atoms. The molecule has 1 aliphatic carbocycles. The molecule has 38 heavy (non-hydrogen) atoms. The number of hydrogen-bond donors (Lipinski definition) is 4. The molecule has 3 aromatic rings. The van der Waals surface area contributed by atoms with Gasteiger partial charge in [0.1, 0.15) is 5.82 Å². The van der Waals surface area contributed by atoms with Crippen LogP contribution in [0.2, 0.25) is 0 Å². The SMILES string of the molecule is NC(=O)c1ccc(C(N)=O)cc1.O=C(C1CCCCC1)N1CC[C@H]2C1c1ccccc1N[C@H]2c1ncc[nH]1. The number of fused-ring (bicyclic) bond motifs is 3. The Morgan fingerprint density at radius 1 is 0.868 bits per heavy atom. The Morgan fingerprint density at radius 2 is 1.53 bits per heavy atom. The van der Waals surface area contributed by atoms with Gasteiger partial charge < -0.3 is 26.7 Å². The van der Waals surface area contributed by atoms with Crippen molar-refractivity contribution >= 4 is 23.4 Å². The quantitative estimate of drug-likeness (QED) is 0.416. The number of H-pyrrole nitrogens is 1. The number of benzene rings is 2. The van der Waals surface area contributed by atoms with E-state index in [9.17, 15) is 14.4 Å². The fourth-order valence-electron chi connectivity index (χ4n) is 6.07. The van der Waals surface area contributed by atoms with E-state index in [1.807, 2.05) is 12.4 Å². The zero-order valence-corrected chi connectivity index (χ0v) is 21.3. The molecule has 6 N–H and O–H groups in total. The summed E-state index contributed by atoms with van der Waals surface area (Å²) in [7, 11) is 0. The highest BCUT2D eigenvalue weighted by atomic mass is 16.2. The smallest absolute Gasteiger partial charge is 0.248 e. The van der Waals surface area contributed by atoms with Gasteiger partial charge in [-0.15, -0.1) is 0 Å². The summed E-state index contributed by atoms with van der Waals surface area (Å²) >= 11 is 0. The van der Waals surface area contributed by atoms with Crippen LogP contribution >= 0.6 is 0 Å². The number of carbonyl (C=O) groups is 3. The van der Waals surface area contributed by atoms with Crippen LogP contribution in [-0.2, 0) is 4.79 Å². The highest BCUT2D eigenvalue weighted by Gasteiger charge is 2.47. The molecule has 3 aliphatic rings. The molecule has 3 heterocycles. The van der Waals surface area contributed by atoms with Crippen molar-refractivity contribution in [1.82, 2.24) is 14.9 Å². The number of aromatic nitrogens is 2. The van der Waals surface area contributed by atoms with Gasteiger partial charge in [-0.05, 0) is 55.2 Å². The molecule has 0 radical (unpaired) electrons. The molecule has 198 valence electrons. The Hall–Kier alpha value is -4.14. The van der Waals surface area contributed by atoms with Crippen LogP contribution in [-0.4, -0.2) is 39.1 Å². The number of imidazole rings is 1. The van der Waals surface area contributed by atoms with Crippen LogP contribution in [0.25, 0.3) is 0 Å². The minimum atomic E-state index is -0.522. The fraction of sp³-hybridized carbons (Fsp3) is 0.379. The van der Waals surface area contributed by atoms with Crippen molar-refractivity contribution in [2.45, 2.75) is 50.6 Å². The summed E-state index contributed by atoms with van der Waals surface area (Å²) in [6, 6.07) is 14.6. The van der Waals surface area contributed by atoms with Gasteiger partial charge in [-0.25, -0.2) is 4.98 Å². The van der Waals surface area contributed by atoms with Gasteiger partial charge in [0.2, 0.25) is 17.7 Å². The van der Waals surface area contributed by atoms with Crippen molar-refractivity contribution < 1.29 is 14.4 Å². The molecule has 3 atom stereocenters. The third-order valence-corrected chi connectivity index (χ3v) is 7.97. The van der Waals surface area contributed by atoms with Crippen LogP contribution in [0.5, 0.6) is 0 Å². The van der Waals surface area contributed by atoms with Gasteiger partial charge in [0, 0.05) is 47.6 Å². The summed E-state index contributed by atoms with van der Waals surface area (Å²) in [5.41, 5.74) is 13.1. The van der Waals surface area contributed by atoms with Gasteiger partial charge >= 0.3 is 0 Å². The number of nitrogens with one attached hydrogen (secondary N) is 2. The minimum Gasteiger partial charge on any atom is -0.375 e. The van der Waals surface area contributed by atoms with Crippen molar-refractivity contribution in [3.8, 4) is 0 Å². The number of nitrogens with two attached hydrogens (primary N) is 2. The highest BCUT2D eigenvalue weighted by molar-refractivity contribution is 5.96. The molecule has 9 heteroatoms. The van der Waals surface area contributed by atoms with Gasteiger partial charge in [0.15, 0.2) is 0 Å². The van der Waals surface area contributed by atoms with Crippen LogP contribution in [0, 0.1) is 11.8 Å². The van der Waals surface area contributed by atoms with Gasteiger partial charge in [-0.2, -0.15) is 0 Å². The van der Waals surface area contributed by atoms with E-state index in [0.717, 1.165) is 37.3 Å². The van der Waals surface area contributed by atoms with Crippen molar-refractivity contribution in [2.75, 3.05) is 11.9 Å². The van der Waals surface area contributed by atoms with E-state index >= 15 is 0 Å². The first-order valence-corrected chi connectivity index (χ1v) is 13.3. The van der Waals surface area contributed by atoms with Crippen LogP contribution in [0.15, 0.2) is 60.9 Å². The maximum Gasteiger partial charge on any atom is 0.248 e. The molecule has 2 aliphatic heterocycles. The van der Waals surface area contributed by atoms with Crippen LogP contribution in [0.3, 0.4) is 0 Å². The number of rotatable bonds is 4. The Bertz CT molecular complexity index is 1250. The maximum absolute atomic E-state index is 13.3. The predicted octanol–water partition coefficient (Wildman–Crippen LogP) is 3.93. The Morgan fingerprint density at radius 3 is 2.13 bits per heavy atom. The number of para-hydroxylation sites is 1. The monoisotopic (exact) mass is 514 g/mol. The number of carbonyl (C=O) groups excluding carboxylic acids is 3. The van der Waals surface area contributed by atoms with Crippen LogP contribution in [0.1, 0.15) is 82.7 Å². The predicted molar refractivity (Wildman–Crippen MR) is 144 cm³/mol. The normalized spacial score (nSPS) is 22.3. The Labute approximate surface area is 222 Å². The van der Waals surface area contributed by atoms with Gasteiger partial charge in [0.05, 0.1) is 12.1 Å². The van der Waals surface area contributed by atoms with E-state index in [1.54, 1.807) is 0 Å². The molecule has 6 rings (SSSR count). The Kier molecular flexibility index (Phi) is 7.44. The Balaban J connectivity index is 0.000000207. The maximum atomic E-state index is 13.3. The lowest BCUT2D eigenvalue weighted by Crippen LogP contribution is -2.40. The summed E-state index contributed by atoms with van der Waals surface area (Å²) < 4.78 is 0. The van der Waals surface area contributed by atoms with E-state index in [2.05, 4.69) is 44.5 Å². The topological polar surface area (TPSA) is 147 Å². The average molecular weight is 515 g/mol. The first-order chi connectivity index (χ1) is 18.4. The van der Waals surface area contributed by atoms with E-state index < -0.39 is 11.8 Å². The second-order valence-corrected chi connectivity index (χ2v) is 10.3. The van der Waals surface area contributed by atoms with E-state index in [1.165, 1.54) is 49.1 Å². The molecule has 0 bridgehead atoms. The van der Waals surface area contributed by atoms with E-state index in [4.69, 9.17) is 11.5 Å². The largest absolute Gasteiger partial charge is 0.375 e. The van der Waals surface area contributed by atoms with E-state index in [-0.39, 0.29) is 18.0 Å². The molecule has 1 saturated carbocycles. The molecule has 9 nitrogen and oxygen atoms in total. The second kappa shape index (κ2) is 11.1. The van der Waals surface area contributed by atoms with Gasteiger partial charge in [0.25, 0.3) is 0 Å². The molecule has 2 aromatic carbocycles. The van der Waals surface area contributed by atoms with E-state index in [0.29, 0.717) is 23.0 Å². The first-order valence-electron chi connectivity index (χ1n) is 13.3. The van der Waals surface area contributed by atoms with Crippen molar-refractivity contribution in [1.29, 1.82) is 0 Å². The number of primary amides is 2.